The lowest BCUT2D eigenvalue weighted by molar-refractivity contribution is -0.139. The fraction of sp³-hybridized carbons (Fsp3) is 0.500. The highest BCUT2D eigenvalue weighted by molar-refractivity contribution is 7.12. The summed E-state index contributed by atoms with van der Waals surface area (Å²) in [5.41, 5.74) is 0. The van der Waals surface area contributed by atoms with E-state index in [1.54, 1.807) is 11.3 Å². The molecule has 0 bridgehead atoms. The molecule has 1 aromatic rings. The second kappa shape index (κ2) is 5.12. The quantitative estimate of drug-likeness (QED) is 0.787. The first-order valence-electron chi connectivity index (χ1n) is 4.73. The van der Waals surface area contributed by atoms with Crippen LogP contribution in [0.3, 0.4) is 0 Å². The Hall–Kier alpha value is -0.870. The van der Waals surface area contributed by atoms with Crippen LogP contribution in [0.25, 0.3) is 0 Å². The predicted octanol–water partition coefficient (Wildman–Crippen LogP) is 2.05. The summed E-state index contributed by atoms with van der Waals surface area (Å²) in [4.78, 5) is 13.0. The molecule has 1 atom stereocenters. The van der Waals surface area contributed by atoms with E-state index in [-0.39, 0.29) is 0 Å². The standard InChI is InChI=1S/C10H15NO2S/c1-3-7-5-6-8(14-7)9(10(12)13)11-4-2/h5-6,9,11H,3-4H2,1-2H3,(H,12,13). The first kappa shape index (κ1) is 11.2. The fourth-order valence-corrected chi connectivity index (χ4v) is 2.27. The van der Waals surface area contributed by atoms with E-state index >= 15 is 0 Å². The molecule has 0 aromatic carbocycles. The normalized spacial score (nSPS) is 12.7. The molecule has 0 radical (unpaired) electrons. The Morgan fingerprint density at radius 1 is 1.57 bits per heavy atom. The molecule has 0 saturated heterocycles. The average molecular weight is 213 g/mol. The van der Waals surface area contributed by atoms with Crippen LogP contribution in [0.2, 0.25) is 0 Å². The van der Waals surface area contributed by atoms with Gasteiger partial charge in [0, 0.05) is 9.75 Å². The van der Waals surface area contributed by atoms with Crippen LogP contribution in [0.15, 0.2) is 12.1 Å². The monoisotopic (exact) mass is 213 g/mol. The molecule has 1 rings (SSSR count). The third-order valence-electron chi connectivity index (χ3n) is 1.97. The van der Waals surface area contributed by atoms with Crippen molar-refractivity contribution in [1.29, 1.82) is 0 Å². The van der Waals surface area contributed by atoms with Gasteiger partial charge in [0.15, 0.2) is 0 Å². The molecular weight excluding hydrogens is 198 g/mol. The van der Waals surface area contributed by atoms with Gasteiger partial charge in [0.05, 0.1) is 0 Å². The molecule has 78 valence electrons. The van der Waals surface area contributed by atoms with Crippen molar-refractivity contribution in [2.45, 2.75) is 26.3 Å². The molecule has 1 heterocycles. The Morgan fingerprint density at radius 3 is 2.71 bits per heavy atom. The van der Waals surface area contributed by atoms with Gasteiger partial charge < -0.3 is 10.4 Å². The SMILES string of the molecule is CCNC(C(=O)O)c1ccc(CC)s1. The van der Waals surface area contributed by atoms with Crippen molar-refractivity contribution in [2.24, 2.45) is 0 Å². The summed E-state index contributed by atoms with van der Waals surface area (Å²) in [7, 11) is 0. The molecule has 0 saturated carbocycles. The van der Waals surface area contributed by atoms with Gasteiger partial charge in [0.25, 0.3) is 0 Å². The van der Waals surface area contributed by atoms with Crippen LogP contribution in [-0.4, -0.2) is 17.6 Å². The van der Waals surface area contributed by atoms with Gasteiger partial charge in [-0.3, -0.25) is 4.79 Å². The van der Waals surface area contributed by atoms with E-state index in [9.17, 15) is 4.79 Å². The van der Waals surface area contributed by atoms with E-state index < -0.39 is 12.0 Å². The van der Waals surface area contributed by atoms with Crippen molar-refractivity contribution < 1.29 is 9.90 Å². The molecule has 1 unspecified atom stereocenters. The third-order valence-corrected chi connectivity index (χ3v) is 3.27. The highest BCUT2D eigenvalue weighted by Crippen LogP contribution is 2.23. The van der Waals surface area contributed by atoms with E-state index in [2.05, 4.69) is 12.2 Å². The van der Waals surface area contributed by atoms with Gasteiger partial charge in [-0.05, 0) is 25.1 Å². The van der Waals surface area contributed by atoms with Crippen molar-refractivity contribution in [1.82, 2.24) is 5.32 Å². The van der Waals surface area contributed by atoms with Crippen LogP contribution in [0, 0.1) is 0 Å². The van der Waals surface area contributed by atoms with Crippen molar-refractivity contribution in [3.05, 3.63) is 21.9 Å². The average Bonchev–Trinajstić information content (AvgIpc) is 2.61. The number of carbonyl (C=O) groups is 1. The zero-order valence-electron chi connectivity index (χ0n) is 8.41. The molecule has 0 spiro atoms. The molecule has 0 amide bonds. The molecule has 3 nitrogen and oxygen atoms in total. The zero-order valence-corrected chi connectivity index (χ0v) is 9.23. The van der Waals surface area contributed by atoms with Gasteiger partial charge in [0.1, 0.15) is 6.04 Å². The van der Waals surface area contributed by atoms with Crippen molar-refractivity contribution in [3.8, 4) is 0 Å². The lowest BCUT2D eigenvalue weighted by atomic mass is 10.2. The lowest BCUT2D eigenvalue weighted by Gasteiger charge is -2.10. The van der Waals surface area contributed by atoms with Gasteiger partial charge in [-0.25, -0.2) is 0 Å². The highest BCUT2D eigenvalue weighted by atomic mass is 32.1. The number of hydrogen-bond donors (Lipinski definition) is 2. The highest BCUT2D eigenvalue weighted by Gasteiger charge is 2.19. The molecule has 0 aliphatic heterocycles. The minimum Gasteiger partial charge on any atom is -0.480 e. The number of aliphatic carboxylic acids is 1. The van der Waals surface area contributed by atoms with Crippen LogP contribution < -0.4 is 5.32 Å². The zero-order chi connectivity index (χ0) is 10.6. The number of carboxylic acid groups (broad SMARTS) is 1. The summed E-state index contributed by atoms with van der Waals surface area (Å²) in [6.07, 6.45) is 0.961. The Balaban J connectivity index is 2.81. The first-order valence-corrected chi connectivity index (χ1v) is 5.55. The molecule has 1 aromatic heterocycles. The summed E-state index contributed by atoms with van der Waals surface area (Å²) in [6, 6.07) is 3.34. The van der Waals surface area contributed by atoms with Gasteiger partial charge in [-0.1, -0.05) is 13.8 Å². The minimum absolute atomic E-state index is 0.551. The number of rotatable bonds is 5. The molecule has 0 fully saturated rings. The van der Waals surface area contributed by atoms with Crippen LogP contribution in [0.4, 0.5) is 0 Å². The lowest BCUT2D eigenvalue weighted by Crippen LogP contribution is -2.27. The van der Waals surface area contributed by atoms with Crippen molar-refractivity contribution >= 4 is 17.3 Å². The van der Waals surface area contributed by atoms with Gasteiger partial charge in [0.2, 0.25) is 0 Å². The molecule has 2 N–H and O–H groups in total. The topological polar surface area (TPSA) is 49.3 Å². The molecule has 14 heavy (non-hydrogen) atoms. The van der Waals surface area contributed by atoms with Gasteiger partial charge in [-0.15, -0.1) is 11.3 Å². The van der Waals surface area contributed by atoms with Crippen LogP contribution in [-0.2, 0) is 11.2 Å². The van der Waals surface area contributed by atoms with E-state index in [1.165, 1.54) is 4.88 Å². The smallest absolute Gasteiger partial charge is 0.326 e. The number of hydrogen-bond acceptors (Lipinski definition) is 3. The summed E-state index contributed by atoms with van der Waals surface area (Å²) in [5.74, 6) is -0.809. The molecule has 0 aliphatic rings. The maximum absolute atomic E-state index is 10.9. The number of carboxylic acids is 1. The predicted molar refractivity (Wildman–Crippen MR) is 57.8 cm³/mol. The second-order valence-corrected chi connectivity index (χ2v) is 4.19. The van der Waals surface area contributed by atoms with E-state index in [0.717, 1.165) is 11.3 Å². The molecular formula is C10H15NO2S. The second-order valence-electron chi connectivity index (χ2n) is 2.99. The molecule has 4 heteroatoms. The Kier molecular flexibility index (Phi) is 4.10. The Bertz CT molecular complexity index is 309. The Labute approximate surface area is 87.8 Å². The number of nitrogens with one attached hydrogen (secondary N) is 1. The van der Waals surface area contributed by atoms with E-state index in [1.807, 2.05) is 19.1 Å². The van der Waals surface area contributed by atoms with Crippen LogP contribution in [0.5, 0.6) is 0 Å². The number of likely N-dealkylation sites (N-methyl/N-ethyl adjacent to an activating group) is 1. The number of thiophene rings is 1. The first-order chi connectivity index (χ1) is 6.69. The van der Waals surface area contributed by atoms with Crippen LogP contribution >= 0.6 is 11.3 Å². The van der Waals surface area contributed by atoms with Crippen molar-refractivity contribution in [2.75, 3.05) is 6.54 Å². The largest absolute Gasteiger partial charge is 0.480 e. The number of aryl methyl sites for hydroxylation is 1. The molecule has 0 aliphatic carbocycles. The van der Waals surface area contributed by atoms with E-state index in [0.29, 0.717) is 6.54 Å². The Morgan fingerprint density at radius 2 is 2.29 bits per heavy atom. The summed E-state index contributed by atoms with van der Waals surface area (Å²) in [5, 5.41) is 11.9. The maximum atomic E-state index is 10.9. The summed E-state index contributed by atoms with van der Waals surface area (Å²) in [6.45, 7) is 4.64. The fourth-order valence-electron chi connectivity index (χ4n) is 1.25. The van der Waals surface area contributed by atoms with E-state index in [4.69, 9.17) is 5.11 Å². The van der Waals surface area contributed by atoms with Crippen molar-refractivity contribution in [3.63, 3.8) is 0 Å². The van der Waals surface area contributed by atoms with Gasteiger partial charge >= 0.3 is 5.97 Å². The van der Waals surface area contributed by atoms with Gasteiger partial charge in [-0.2, -0.15) is 0 Å². The summed E-state index contributed by atoms with van der Waals surface area (Å²) < 4.78 is 0. The van der Waals surface area contributed by atoms with Crippen LogP contribution in [0.1, 0.15) is 29.6 Å². The minimum atomic E-state index is -0.809. The summed E-state index contributed by atoms with van der Waals surface area (Å²) >= 11 is 1.57. The third kappa shape index (κ3) is 2.56. The maximum Gasteiger partial charge on any atom is 0.326 e.